The third-order valence-corrected chi connectivity index (χ3v) is 12.4. The van der Waals surface area contributed by atoms with Crippen LogP contribution in [0.2, 0.25) is 0 Å². The molecular formula is C41H40F3N7O4. The van der Waals surface area contributed by atoms with E-state index in [0.29, 0.717) is 71.5 Å². The van der Waals surface area contributed by atoms with Crippen LogP contribution in [0.1, 0.15) is 66.6 Å². The number of carbonyl (C=O) groups is 2. The minimum Gasteiger partial charge on any atom is -0.490 e. The molecule has 0 spiro atoms. The van der Waals surface area contributed by atoms with Crippen LogP contribution in [-0.2, 0) is 11.0 Å². The van der Waals surface area contributed by atoms with Gasteiger partial charge < -0.3 is 24.6 Å². The Bertz CT molecular complexity index is 2260. The summed E-state index contributed by atoms with van der Waals surface area (Å²) in [5.74, 6) is -0.224. The van der Waals surface area contributed by atoms with Crippen molar-refractivity contribution in [2.24, 2.45) is 23.7 Å². The minimum absolute atomic E-state index is 0.00736. The normalized spacial score (nSPS) is 25.0. The van der Waals surface area contributed by atoms with Crippen LogP contribution in [0.4, 0.5) is 19.1 Å². The number of pyridine rings is 2. The van der Waals surface area contributed by atoms with Gasteiger partial charge in [-0.15, -0.1) is 0 Å². The van der Waals surface area contributed by atoms with Gasteiger partial charge in [-0.1, -0.05) is 6.07 Å². The van der Waals surface area contributed by atoms with E-state index in [2.05, 4.69) is 30.2 Å². The number of aliphatic carboxylic acids is 1. The molecule has 4 bridgehead atoms. The molecule has 5 heterocycles. The van der Waals surface area contributed by atoms with Gasteiger partial charge in [0.25, 0.3) is 5.91 Å². The zero-order valence-corrected chi connectivity index (χ0v) is 30.2. The predicted octanol–water partition coefficient (Wildman–Crippen LogP) is 7.26. The van der Waals surface area contributed by atoms with Crippen LogP contribution < -0.4 is 15.0 Å². The molecule has 5 aromatic rings. The zero-order chi connectivity index (χ0) is 38.1. The lowest BCUT2D eigenvalue weighted by molar-refractivity contribution is -0.163. The molecule has 5 fully saturated rings. The number of hydrogen-bond acceptors (Lipinski definition) is 8. The number of rotatable bonds is 8. The number of carbonyl (C=O) groups excluding carboxylic acids is 1. The van der Waals surface area contributed by atoms with E-state index in [4.69, 9.17) is 4.74 Å². The summed E-state index contributed by atoms with van der Waals surface area (Å²) in [4.78, 5) is 46.3. The molecule has 4 saturated carbocycles. The zero-order valence-electron chi connectivity index (χ0n) is 30.2. The number of amides is 1. The van der Waals surface area contributed by atoms with Gasteiger partial charge in [0.2, 0.25) is 5.95 Å². The van der Waals surface area contributed by atoms with Crippen LogP contribution in [0.3, 0.4) is 0 Å². The SMILES string of the molecule is Cc1cccnc1-n1cc(-c2ccc(C(=O)NC3(C(=O)O)C4CC5CC(C4)CC3C5)c(C(F)(F)F)n2)c2ccc(OC3CCN(c4ncccn4)CC3)cc21. The molecular weight excluding hydrogens is 711 g/mol. The van der Waals surface area contributed by atoms with Crippen molar-refractivity contribution >= 4 is 28.7 Å². The summed E-state index contributed by atoms with van der Waals surface area (Å²) in [5, 5.41) is 13.8. The lowest BCUT2D eigenvalue weighted by atomic mass is 9.48. The van der Waals surface area contributed by atoms with Crippen molar-refractivity contribution in [3.63, 3.8) is 0 Å². The Balaban J connectivity index is 1.05. The molecule has 0 atom stereocenters. The number of aromatic nitrogens is 5. The van der Waals surface area contributed by atoms with Crippen molar-refractivity contribution in [2.45, 2.75) is 69.7 Å². The number of fused-ring (bicyclic) bond motifs is 1. The van der Waals surface area contributed by atoms with Crippen molar-refractivity contribution < 1.29 is 32.6 Å². The molecule has 1 saturated heterocycles. The molecule has 5 aliphatic rings. The lowest BCUT2D eigenvalue weighted by Gasteiger charge is -2.59. The number of carboxylic acid groups (broad SMARTS) is 1. The maximum atomic E-state index is 14.9. The van der Waals surface area contributed by atoms with Gasteiger partial charge in [-0.3, -0.25) is 4.79 Å². The van der Waals surface area contributed by atoms with Crippen LogP contribution in [0.5, 0.6) is 5.75 Å². The average molecular weight is 752 g/mol. The number of aryl methyl sites for hydroxylation is 1. The quantitative estimate of drug-likeness (QED) is 0.168. The summed E-state index contributed by atoms with van der Waals surface area (Å²) in [5.41, 5.74) is -1.75. The monoisotopic (exact) mass is 751 g/mol. The van der Waals surface area contributed by atoms with E-state index in [-0.39, 0.29) is 23.6 Å². The van der Waals surface area contributed by atoms with Crippen LogP contribution in [-0.4, -0.2) is 66.2 Å². The Morgan fingerprint density at radius 2 is 1.60 bits per heavy atom. The van der Waals surface area contributed by atoms with Gasteiger partial charge in [-0.25, -0.2) is 24.7 Å². The standard InChI is InChI=1S/C41H40F3N7O4/c1-23-4-2-11-45-36(23)51-22-32(30-6-5-29(21-34(30)51)55-28-9-14-50(15-10-28)39-46-12-3-13-47-39)33-8-7-31(35(48-33)41(42,43)44)37(52)49-40(38(53)54)26-17-24-16-25(19-26)20-27(40)18-24/h2-8,11-13,21-22,24-28H,9-10,14-20H2,1H3,(H,49,52)(H,53,54). The number of halogens is 3. The molecule has 55 heavy (non-hydrogen) atoms. The van der Waals surface area contributed by atoms with Gasteiger partial charge in [0.15, 0.2) is 5.69 Å². The van der Waals surface area contributed by atoms with E-state index in [0.717, 1.165) is 44.0 Å². The Hall–Kier alpha value is -5.53. The number of nitrogens with zero attached hydrogens (tertiary/aromatic N) is 6. The van der Waals surface area contributed by atoms with Crippen LogP contribution in [0.25, 0.3) is 28.0 Å². The second-order valence-electron chi connectivity index (χ2n) is 15.6. The number of carboxylic acids is 1. The summed E-state index contributed by atoms with van der Waals surface area (Å²) >= 11 is 0. The van der Waals surface area contributed by atoms with Crippen LogP contribution >= 0.6 is 0 Å². The third kappa shape index (κ3) is 6.15. The highest BCUT2D eigenvalue weighted by molar-refractivity contribution is 6.01. The molecule has 0 unspecified atom stereocenters. The highest BCUT2D eigenvalue weighted by Gasteiger charge is 2.62. The number of piperidine rings is 1. The molecule has 284 valence electrons. The van der Waals surface area contributed by atoms with Crippen molar-refractivity contribution in [2.75, 3.05) is 18.0 Å². The van der Waals surface area contributed by atoms with E-state index in [1.54, 1.807) is 43.0 Å². The maximum absolute atomic E-state index is 14.9. The molecule has 4 aromatic heterocycles. The van der Waals surface area contributed by atoms with Crippen molar-refractivity contribution in [1.82, 2.24) is 29.8 Å². The first-order valence-corrected chi connectivity index (χ1v) is 18.9. The molecule has 4 aliphatic carbocycles. The number of anilines is 1. The fraction of sp³-hybridized carbons (Fsp3) is 0.415. The first kappa shape index (κ1) is 35.2. The average Bonchev–Trinajstić information content (AvgIpc) is 3.54. The van der Waals surface area contributed by atoms with Gasteiger partial charge in [0, 0.05) is 67.7 Å². The summed E-state index contributed by atoms with van der Waals surface area (Å²) < 4.78 is 52.9. The minimum atomic E-state index is -5.00. The summed E-state index contributed by atoms with van der Waals surface area (Å²) in [6, 6.07) is 13.5. The number of benzene rings is 1. The highest BCUT2D eigenvalue weighted by atomic mass is 19.4. The Morgan fingerprint density at radius 3 is 2.25 bits per heavy atom. The predicted molar refractivity (Wildman–Crippen MR) is 197 cm³/mol. The molecule has 14 heteroatoms. The van der Waals surface area contributed by atoms with Gasteiger partial charge in [0.05, 0.1) is 16.8 Å². The number of nitrogens with one attached hydrogen (secondary N) is 1. The second-order valence-corrected chi connectivity index (χ2v) is 15.6. The van der Waals surface area contributed by atoms with Crippen molar-refractivity contribution in [1.29, 1.82) is 0 Å². The molecule has 2 N–H and O–H groups in total. The summed E-state index contributed by atoms with van der Waals surface area (Å²) in [6.45, 7) is 3.36. The molecule has 11 nitrogen and oxygen atoms in total. The van der Waals surface area contributed by atoms with Gasteiger partial charge in [0.1, 0.15) is 23.2 Å². The second kappa shape index (κ2) is 13.3. The lowest BCUT2D eigenvalue weighted by Crippen LogP contribution is -2.70. The number of alkyl halides is 3. The van der Waals surface area contributed by atoms with Crippen molar-refractivity contribution in [3.8, 4) is 22.8 Å². The maximum Gasteiger partial charge on any atom is 0.434 e. The molecule has 10 rings (SSSR count). The highest BCUT2D eigenvalue weighted by Crippen LogP contribution is 2.58. The van der Waals surface area contributed by atoms with Gasteiger partial charge >= 0.3 is 12.1 Å². The fourth-order valence-corrected chi connectivity index (χ4v) is 10.0. The Labute approximate surface area is 315 Å². The third-order valence-electron chi connectivity index (χ3n) is 12.4. The fourth-order valence-electron chi connectivity index (χ4n) is 10.0. The number of ether oxygens (including phenoxy) is 1. The largest absolute Gasteiger partial charge is 0.490 e. The van der Waals surface area contributed by atoms with E-state index >= 15 is 0 Å². The number of hydrogen-bond donors (Lipinski definition) is 2. The summed E-state index contributed by atoms with van der Waals surface area (Å²) in [7, 11) is 0. The van der Waals surface area contributed by atoms with E-state index in [1.165, 1.54) is 6.07 Å². The van der Waals surface area contributed by atoms with Gasteiger partial charge in [-0.2, -0.15) is 13.2 Å². The van der Waals surface area contributed by atoms with E-state index < -0.39 is 34.8 Å². The van der Waals surface area contributed by atoms with E-state index in [1.807, 2.05) is 29.7 Å². The molecule has 1 amide bonds. The smallest absolute Gasteiger partial charge is 0.434 e. The van der Waals surface area contributed by atoms with Crippen LogP contribution in [0.15, 0.2) is 73.3 Å². The molecule has 1 aliphatic heterocycles. The Morgan fingerprint density at radius 1 is 0.909 bits per heavy atom. The van der Waals surface area contributed by atoms with Gasteiger partial charge in [-0.05, 0) is 105 Å². The van der Waals surface area contributed by atoms with Crippen molar-refractivity contribution in [3.05, 3.63) is 90.1 Å². The molecule has 1 aromatic carbocycles. The summed E-state index contributed by atoms with van der Waals surface area (Å²) in [6.07, 6.45) is 6.90. The Kier molecular flexibility index (Phi) is 8.54. The topological polar surface area (TPSA) is 135 Å². The van der Waals surface area contributed by atoms with E-state index in [9.17, 15) is 27.9 Å². The van der Waals surface area contributed by atoms with Crippen LogP contribution in [0, 0.1) is 30.6 Å². The first-order valence-electron chi connectivity index (χ1n) is 18.9. The molecule has 0 radical (unpaired) electrons. The first-order chi connectivity index (χ1) is 26.5.